The van der Waals surface area contributed by atoms with Crippen LogP contribution in [0.15, 0.2) is 0 Å². The van der Waals surface area contributed by atoms with E-state index in [1.54, 1.807) is 0 Å². The molecule has 0 aliphatic rings. The number of carbonyl (C=O) groups excluding carboxylic acids is 1. The number of Topliss-reactive ketones (excluding diaryl/α,β-unsaturated/α-hetero) is 1. The predicted octanol–water partition coefficient (Wildman–Crippen LogP) is 2.95. The van der Waals surface area contributed by atoms with Gasteiger partial charge in [0.2, 0.25) is 0 Å². The lowest BCUT2D eigenvalue weighted by Crippen LogP contribution is -2.45. The van der Waals surface area contributed by atoms with Crippen molar-refractivity contribution >= 4 is 14.1 Å². The SMILES string of the molecule is CCC(=O)[C@@H](N)[C@@H](C)CO[Si](C)(C)C(C)(C)C. The monoisotopic (exact) mass is 259 g/mol. The summed E-state index contributed by atoms with van der Waals surface area (Å²) in [6, 6.07) is -0.384. The molecular formula is C13H29NO2Si. The van der Waals surface area contributed by atoms with Gasteiger partial charge >= 0.3 is 0 Å². The number of carbonyl (C=O) groups is 1. The molecular weight excluding hydrogens is 230 g/mol. The largest absolute Gasteiger partial charge is 0.416 e. The van der Waals surface area contributed by atoms with Gasteiger partial charge in [0.1, 0.15) is 5.78 Å². The average molecular weight is 259 g/mol. The van der Waals surface area contributed by atoms with E-state index in [1.807, 2.05) is 13.8 Å². The van der Waals surface area contributed by atoms with E-state index >= 15 is 0 Å². The Balaban J connectivity index is 4.34. The summed E-state index contributed by atoms with van der Waals surface area (Å²) in [6.07, 6.45) is 0.506. The van der Waals surface area contributed by atoms with E-state index in [4.69, 9.17) is 10.2 Å². The Morgan fingerprint density at radius 2 is 1.82 bits per heavy atom. The van der Waals surface area contributed by atoms with Gasteiger partial charge < -0.3 is 10.2 Å². The summed E-state index contributed by atoms with van der Waals surface area (Å²) < 4.78 is 6.08. The van der Waals surface area contributed by atoms with Crippen LogP contribution in [0.3, 0.4) is 0 Å². The highest BCUT2D eigenvalue weighted by Gasteiger charge is 2.37. The second kappa shape index (κ2) is 6.11. The molecule has 0 aromatic rings. The first-order chi connectivity index (χ1) is 7.53. The molecule has 0 aliphatic carbocycles. The molecule has 0 bridgehead atoms. The molecule has 4 heteroatoms. The zero-order valence-electron chi connectivity index (χ0n) is 12.5. The third-order valence-electron chi connectivity index (χ3n) is 3.85. The summed E-state index contributed by atoms with van der Waals surface area (Å²) in [5.74, 6) is 0.216. The molecule has 0 radical (unpaired) electrons. The van der Waals surface area contributed by atoms with Gasteiger partial charge in [-0.3, -0.25) is 4.79 Å². The fourth-order valence-corrected chi connectivity index (χ4v) is 2.33. The van der Waals surface area contributed by atoms with Gasteiger partial charge in [0.25, 0.3) is 0 Å². The standard InChI is InChI=1S/C13H29NO2Si/c1-8-11(15)12(14)10(2)9-16-17(6,7)13(3,4)5/h10,12H,8-9,14H2,1-7H3/t10-,12-/m0/s1. The van der Waals surface area contributed by atoms with Crippen LogP contribution in [0, 0.1) is 5.92 Å². The lowest BCUT2D eigenvalue weighted by molar-refractivity contribution is -0.121. The van der Waals surface area contributed by atoms with E-state index < -0.39 is 8.32 Å². The summed E-state index contributed by atoms with van der Waals surface area (Å²) >= 11 is 0. The van der Waals surface area contributed by atoms with E-state index in [0.717, 1.165) is 0 Å². The molecule has 0 aromatic heterocycles. The molecule has 2 atom stereocenters. The topological polar surface area (TPSA) is 52.3 Å². The van der Waals surface area contributed by atoms with E-state index in [-0.39, 0.29) is 22.8 Å². The number of hydrogen-bond donors (Lipinski definition) is 1. The van der Waals surface area contributed by atoms with Crippen molar-refractivity contribution in [3.63, 3.8) is 0 Å². The van der Waals surface area contributed by atoms with Gasteiger partial charge in [-0.2, -0.15) is 0 Å². The maximum atomic E-state index is 11.5. The zero-order chi connectivity index (χ0) is 13.9. The first-order valence-corrected chi connectivity index (χ1v) is 9.36. The molecule has 3 nitrogen and oxygen atoms in total. The zero-order valence-corrected chi connectivity index (χ0v) is 13.5. The fraction of sp³-hybridized carbons (Fsp3) is 0.923. The van der Waals surface area contributed by atoms with Crippen molar-refractivity contribution in [3.05, 3.63) is 0 Å². The molecule has 2 N–H and O–H groups in total. The molecule has 0 rings (SSSR count). The normalized spacial score (nSPS) is 16.7. The van der Waals surface area contributed by atoms with Gasteiger partial charge in [0.15, 0.2) is 8.32 Å². The van der Waals surface area contributed by atoms with Crippen molar-refractivity contribution in [2.24, 2.45) is 11.7 Å². The molecule has 102 valence electrons. The third-order valence-corrected chi connectivity index (χ3v) is 8.35. The Labute approximate surface area is 107 Å². The minimum absolute atomic E-state index is 0.0941. The summed E-state index contributed by atoms with van der Waals surface area (Å²) in [4.78, 5) is 11.5. The van der Waals surface area contributed by atoms with E-state index in [2.05, 4.69) is 33.9 Å². The van der Waals surface area contributed by atoms with Crippen molar-refractivity contribution in [1.82, 2.24) is 0 Å². The minimum atomic E-state index is -1.73. The Hall–Kier alpha value is -0.193. The third kappa shape index (κ3) is 4.90. The second-order valence-corrected chi connectivity index (χ2v) is 11.2. The summed E-state index contributed by atoms with van der Waals surface area (Å²) in [7, 11) is -1.73. The van der Waals surface area contributed by atoms with Gasteiger partial charge in [0, 0.05) is 18.9 Å². The van der Waals surface area contributed by atoms with Gasteiger partial charge in [-0.05, 0) is 18.1 Å². The molecule has 0 aliphatic heterocycles. The van der Waals surface area contributed by atoms with E-state index in [1.165, 1.54) is 0 Å². The van der Waals surface area contributed by atoms with Crippen LogP contribution in [0.4, 0.5) is 0 Å². The lowest BCUT2D eigenvalue weighted by atomic mass is 9.99. The molecule has 0 fully saturated rings. The number of hydrogen-bond acceptors (Lipinski definition) is 3. The van der Waals surface area contributed by atoms with Crippen LogP contribution in [0.25, 0.3) is 0 Å². The molecule has 0 saturated heterocycles. The van der Waals surface area contributed by atoms with Crippen LogP contribution >= 0.6 is 0 Å². The summed E-state index contributed by atoms with van der Waals surface area (Å²) in [5, 5.41) is 0.200. The average Bonchev–Trinajstić information content (AvgIpc) is 2.22. The smallest absolute Gasteiger partial charge is 0.191 e. The quantitative estimate of drug-likeness (QED) is 0.746. The number of ketones is 1. The van der Waals surface area contributed by atoms with Crippen LogP contribution < -0.4 is 5.73 Å². The minimum Gasteiger partial charge on any atom is -0.416 e. The lowest BCUT2D eigenvalue weighted by Gasteiger charge is -2.37. The molecule has 0 spiro atoms. The molecule has 0 aromatic carbocycles. The first kappa shape index (κ1) is 16.8. The van der Waals surface area contributed by atoms with Crippen molar-refractivity contribution in [3.8, 4) is 0 Å². The van der Waals surface area contributed by atoms with Crippen molar-refractivity contribution < 1.29 is 9.22 Å². The van der Waals surface area contributed by atoms with Crippen LogP contribution in [-0.2, 0) is 9.22 Å². The summed E-state index contributed by atoms with van der Waals surface area (Å²) in [6.45, 7) is 15.5. The molecule has 17 heavy (non-hydrogen) atoms. The summed E-state index contributed by atoms with van der Waals surface area (Å²) in [5.41, 5.74) is 5.90. The molecule has 0 amide bonds. The Bertz CT molecular complexity index is 259. The highest BCUT2D eigenvalue weighted by molar-refractivity contribution is 6.74. The maximum Gasteiger partial charge on any atom is 0.191 e. The van der Waals surface area contributed by atoms with Crippen LogP contribution in [0.5, 0.6) is 0 Å². The van der Waals surface area contributed by atoms with Gasteiger partial charge in [-0.15, -0.1) is 0 Å². The van der Waals surface area contributed by atoms with Gasteiger partial charge in [-0.1, -0.05) is 34.6 Å². The van der Waals surface area contributed by atoms with Gasteiger partial charge in [0.05, 0.1) is 6.04 Å². The highest BCUT2D eigenvalue weighted by atomic mass is 28.4. The van der Waals surface area contributed by atoms with Crippen LogP contribution in [0.2, 0.25) is 18.1 Å². The highest BCUT2D eigenvalue weighted by Crippen LogP contribution is 2.36. The van der Waals surface area contributed by atoms with Crippen LogP contribution in [-0.4, -0.2) is 26.7 Å². The molecule has 0 saturated carbocycles. The predicted molar refractivity (Wildman–Crippen MR) is 75.6 cm³/mol. The number of nitrogens with two attached hydrogens (primary N) is 1. The van der Waals surface area contributed by atoms with Crippen molar-refractivity contribution in [2.75, 3.05) is 6.61 Å². The Kier molecular flexibility index (Phi) is 6.05. The molecule has 0 heterocycles. The van der Waals surface area contributed by atoms with Crippen molar-refractivity contribution in [1.29, 1.82) is 0 Å². The van der Waals surface area contributed by atoms with Crippen molar-refractivity contribution in [2.45, 2.75) is 65.2 Å². The first-order valence-electron chi connectivity index (χ1n) is 6.45. The maximum absolute atomic E-state index is 11.5. The van der Waals surface area contributed by atoms with Gasteiger partial charge in [-0.25, -0.2) is 0 Å². The molecule has 0 unspecified atom stereocenters. The fourth-order valence-electron chi connectivity index (χ4n) is 1.21. The van der Waals surface area contributed by atoms with E-state index in [9.17, 15) is 4.79 Å². The second-order valence-electron chi connectivity index (χ2n) is 6.39. The van der Waals surface area contributed by atoms with Crippen LogP contribution in [0.1, 0.15) is 41.0 Å². The van der Waals surface area contributed by atoms with E-state index in [0.29, 0.717) is 13.0 Å². The number of rotatable bonds is 6. The Morgan fingerprint density at radius 1 is 1.35 bits per heavy atom. The Morgan fingerprint density at radius 3 is 2.18 bits per heavy atom.